The van der Waals surface area contributed by atoms with Crippen LogP contribution < -0.4 is 5.32 Å². The summed E-state index contributed by atoms with van der Waals surface area (Å²) in [7, 11) is 0. The minimum atomic E-state index is -0.0731. The number of nitrogens with one attached hydrogen (secondary N) is 1. The second-order valence-corrected chi connectivity index (χ2v) is 7.41. The fourth-order valence-corrected chi connectivity index (χ4v) is 3.68. The third kappa shape index (κ3) is 5.53. The van der Waals surface area contributed by atoms with E-state index in [0.29, 0.717) is 13.0 Å². The summed E-state index contributed by atoms with van der Waals surface area (Å²) in [4.78, 5) is 14.8. The van der Waals surface area contributed by atoms with Crippen LogP contribution in [0, 0.1) is 0 Å². The Morgan fingerprint density at radius 3 is 2.28 bits per heavy atom. The Hall–Kier alpha value is -2.95. The van der Waals surface area contributed by atoms with Crippen LogP contribution in [0.5, 0.6) is 0 Å². The molecule has 1 aliphatic rings. The highest BCUT2D eigenvalue weighted by Crippen LogP contribution is 2.21. The SMILES string of the molecule is O=C(CC1CN(Cc2ccccc2)CCO1)Nc1ccc(-c2ccccc2)cc1. The number of amides is 1. The number of benzene rings is 3. The van der Waals surface area contributed by atoms with E-state index in [0.717, 1.165) is 30.9 Å². The Bertz CT molecular complexity index is 911. The zero-order valence-electron chi connectivity index (χ0n) is 16.5. The summed E-state index contributed by atoms with van der Waals surface area (Å²) >= 11 is 0. The Kier molecular flexibility index (Phi) is 6.35. The molecule has 0 spiro atoms. The first-order valence-electron chi connectivity index (χ1n) is 10.1. The highest BCUT2D eigenvalue weighted by atomic mass is 16.5. The quantitative estimate of drug-likeness (QED) is 0.674. The van der Waals surface area contributed by atoms with Gasteiger partial charge in [0.25, 0.3) is 0 Å². The number of morpholine rings is 1. The molecule has 1 atom stereocenters. The van der Waals surface area contributed by atoms with E-state index in [-0.39, 0.29) is 12.0 Å². The fraction of sp³-hybridized carbons (Fsp3) is 0.240. The number of hydrogen-bond acceptors (Lipinski definition) is 3. The van der Waals surface area contributed by atoms with Gasteiger partial charge in [-0.2, -0.15) is 0 Å². The fourth-order valence-electron chi connectivity index (χ4n) is 3.68. The summed E-state index contributed by atoms with van der Waals surface area (Å²) in [6.07, 6.45) is 0.294. The van der Waals surface area contributed by atoms with Crippen molar-refractivity contribution in [2.24, 2.45) is 0 Å². The van der Waals surface area contributed by atoms with Crippen molar-refractivity contribution in [1.82, 2.24) is 4.90 Å². The lowest BCUT2D eigenvalue weighted by atomic mass is 10.1. The Morgan fingerprint density at radius 2 is 1.55 bits per heavy atom. The minimum absolute atomic E-state index is 0.0102. The van der Waals surface area contributed by atoms with Crippen LogP contribution in [-0.4, -0.2) is 36.6 Å². The summed E-state index contributed by atoms with van der Waals surface area (Å²) in [5.41, 5.74) is 4.40. The van der Waals surface area contributed by atoms with Crippen molar-refractivity contribution in [1.29, 1.82) is 0 Å². The lowest BCUT2D eigenvalue weighted by molar-refractivity contribution is -0.121. The van der Waals surface area contributed by atoms with Gasteiger partial charge < -0.3 is 10.1 Å². The molecule has 4 heteroatoms. The summed E-state index contributed by atoms with van der Waals surface area (Å²) in [6, 6.07) is 28.6. The van der Waals surface area contributed by atoms with Crippen molar-refractivity contribution < 1.29 is 9.53 Å². The zero-order valence-corrected chi connectivity index (χ0v) is 16.5. The first kappa shape index (κ1) is 19.4. The molecule has 3 aromatic carbocycles. The van der Waals surface area contributed by atoms with Gasteiger partial charge in [-0.3, -0.25) is 9.69 Å². The maximum atomic E-state index is 12.5. The molecule has 3 aromatic rings. The molecule has 1 fully saturated rings. The summed E-state index contributed by atoms with van der Waals surface area (Å²) in [5, 5.41) is 2.99. The number of carbonyl (C=O) groups excluding carboxylic acids is 1. The van der Waals surface area contributed by atoms with Gasteiger partial charge in [-0.05, 0) is 28.8 Å². The largest absolute Gasteiger partial charge is 0.375 e. The number of rotatable bonds is 6. The average Bonchev–Trinajstić information content (AvgIpc) is 2.76. The molecule has 1 amide bonds. The van der Waals surface area contributed by atoms with Crippen LogP contribution in [0.4, 0.5) is 5.69 Å². The lowest BCUT2D eigenvalue weighted by Gasteiger charge is -2.32. The van der Waals surface area contributed by atoms with Crippen LogP contribution in [0.2, 0.25) is 0 Å². The van der Waals surface area contributed by atoms with Crippen molar-refractivity contribution in [3.05, 3.63) is 90.5 Å². The number of nitrogens with zero attached hydrogens (tertiary/aromatic N) is 1. The van der Waals surface area contributed by atoms with E-state index in [1.165, 1.54) is 11.1 Å². The van der Waals surface area contributed by atoms with E-state index in [1.54, 1.807) is 0 Å². The summed E-state index contributed by atoms with van der Waals surface area (Å²) < 4.78 is 5.83. The molecule has 1 N–H and O–H groups in total. The summed E-state index contributed by atoms with van der Waals surface area (Å²) in [5.74, 6) is -0.0102. The predicted molar refractivity (Wildman–Crippen MR) is 117 cm³/mol. The number of hydrogen-bond donors (Lipinski definition) is 1. The number of carbonyl (C=O) groups is 1. The molecule has 1 unspecified atom stereocenters. The van der Waals surface area contributed by atoms with Gasteiger partial charge in [0.1, 0.15) is 0 Å². The Labute approximate surface area is 172 Å². The predicted octanol–water partition coefficient (Wildman–Crippen LogP) is 4.58. The van der Waals surface area contributed by atoms with Gasteiger partial charge in [0.15, 0.2) is 0 Å². The van der Waals surface area contributed by atoms with E-state index >= 15 is 0 Å². The second kappa shape index (κ2) is 9.50. The van der Waals surface area contributed by atoms with Crippen molar-refractivity contribution >= 4 is 11.6 Å². The highest BCUT2D eigenvalue weighted by molar-refractivity contribution is 5.91. The van der Waals surface area contributed by atoms with Gasteiger partial charge in [-0.15, -0.1) is 0 Å². The molecule has 0 bridgehead atoms. The monoisotopic (exact) mass is 386 g/mol. The maximum absolute atomic E-state index is 12.5. The molecular formula is C25H26N2O2. The summed E-state index contributed by atoms with van der Waals surface area (Å²) in [6.45, 7) is 3.23. The number of anilines is 1. The average molecular weight is 386 g/mol. The van der Waals surface area contributed by atoms with Gasteiger partial charge in [0, 0.05) is 25.3 Å². The molecule has 1 aliphatic heterocycles. The van der Waals surface area contributed by atoms with Crippen LogP contribution in [0.3, 0.4) is 0 Å². The highest BCUT2D eigenvalue weighted by Gasteiger charge is 2.23. The molecule has 1 heterocycles. The molecule has 4 nitrogen and oxygen atoms in total. The molecule has 0 radical (unpaired) electrons. The Balaban J connectivity index is 1.29. The van der Waals surface area contributed by atoms with E-state index < -0.39 is 0 Å². The van der Waals surface area contributed by atoms with Crippen LogP contribution in [0.25, 0.3) is 11.1 Å². The van der Waals surface area contributed by atoms with Crippen LogP contribution >= 0.6 is 0 Å². The molecule has 0 aromatic heterocycles. The lowest BCUT2D eigenvalue weighted by Crippen LogP contribution is -2.43. The second-order valence-electron chi connectivity index (χ2n) is 7.41. The van der Waals surface area contributed by atoms with E-state index in [4.69, 9.17) is 4.74 Å². The smallest absolute Gasteiger partial charge is 0.227 e. The molecule has 29 heavy (non-hydrogen) atoms. The molecule has 4 rings (SSSR count). The third-order valence-corrected chi connectivity index (χ3v) is 5.16. The van der Waals surface area contributed by atoms with Crippen molar-refractivity contribution in [2.45, 2.75) is 19.1 Å². The molecule has 148 valence electrons. The normalized spacial score (nSPS) is 17.0. The Morgan fingerprint density at radius 1 is 0.897 bits per heavy atom. The topological polar surface area (TPSA) is 41.6 Å². The minimum Gasteiger partial charge on any atom is -0.375 e. The van der Waals surface area contributed by atoms with Crippen molar-refractivity contribution in [3.63, 3.8) is 0 Å². The van der Waals surface area contributed by atoms with Gasteiger partial charge in [-0.25, -0.2) is 0 Å². The first-order chi connectivity index (χ1) is 14.3. The van der Waals surface area contributed by atoms with Crippen LogP contribution in [-0.2, 0) is 16.1 Å². The van der Waals surface area contributed by atoms with Crippen LogP contribution in [0.15, 0.2) is 84.9 Å². The standard InChI is InChI=1S/C25H26N2O2/c28-25(26-23-13-11-22(12-14-23)21-9-5-2-6-10-21)17-24-19-27(15-16-29-24)18-20-7-3-1-4-8-20/h1-14,24H,15-19H2,(H,26,28). The van der Waals surface area contributed by atoms with Crippen molar-refractivity contribution in [2.75, 3.05) is 25.0 Å². The number of ether oxygens (including phenoxy) is 1. The van der Waals surface area contributed by atoms with Gasteiger partial charge >= 0.3 is 0 Å². The van der Waals surface area contributed by atoms with E-state index in [1.807, 2.05) is 48.5 Å². The maximum Gasteiger partial charge on any atom is 0.227 e. The molecule has 0 aliphatic carbocycles. The van der Waals surface area contributed by atoms with Crippen LogP contribution in [0.1, 0.15) is 12.0 Å². The van der Waals surface area contributed by atoms with E-state index in [9.17, 15) is 4.79 Å². The van der Waals surface area contributed by atoms with Gasteiger partial charge in [0.2, 0.25) is 5.91 Å². The molecule has 1 saturated heterocycles. The molecule has 0 saturated carbocycles. The van der Waals surface area contributed by atoms with Gasteiger partial charge in [-0.1, -0.05) is 72.8 Å². The van der Waals surface area contributed by atoms with Crippen molar-refractivity contribution in [3.8, 4) is 11.1 Å². The molecular weight excluding hydrogens is 360 g/mol. The third-order valence-electron chi connectivity index (χ3n) is 5.16. The van der Waals surface area contributed by atoms with E-state index in [2.05, 4.69) is 46.6 Å². The zero-order chi connectivity index (χ0) is 19.9. The first-order valence-corrected chi connectivity index (χ1v) is 10.1. The van der Waals surface area contributed by atoms with Gasteiger partial charge in [0.05, 0.1) is 19.1 Å².